The molecular formula is C33H46N4O9. The zero-order valence-electron chi connectivity index (χ0n) is 26.7. The highest BCUT2D eigenvalue weighted by molar-refractivity contribution is 6.38. The summed E-state index contributed by atoms with van der Waals surface area (Å²) in [5.41, 5.74) is -0.272. The fraction of sp³-hybridized carbons (Fsp3) is 0.576. The maximum atomic E-state index is 13.7. The van der Waals surface area contributed by atoms with Crippen molar-refractivity contribution in [3.05, 3.63) is 42.5 Å². The van der Waals surface area contributed by atoms with Crippen LogP contribution >= 0.6 is 0 Å². The van der Waals surface area contributed by atoms with Crippen LogP contribution < -0.4 is 16.0 Å². The fourth-order valence-corrected chi connectivity index (χ4v) is 5.43. The van der Waals surface area contributed by atoms with Crippen molar-refractivity contribution < 1.29 is 43.3 Å². The minimum absolute atomic E-state index is 0.185. The number of hydrogen-bond donors (Lipinski definition) is 4. The van der Waals surface area contributed by atoms with Crippen LogP contribution in [0.3, 0.4) is 0 Å². The van der Waals surface area contributed by atoms with E-state index in [1.807, 2.05) is 0 Å². The molecule has 46 heavy (non-hydrogen) atoms. The predicted octanol–water partition coefficient (Wildman–Crippen LogP) is 2.51. The molecule has 2 saturated heterocycles. The van der Waals surface area contributed by atoms with Crippen LogP contribution in [0, 0.1) is 5.41 Å². The molecule has 0 saturated carbocycles. The molecule has 13 heteroatoms. The maximum Gasteiger partial charge on any atom is 0.330 e. The molecule has 13 nitrogen and oxygen atoms in total. The van der Waals surface area contributed by atoms with Crippen molar-refractivity contribution in [1.82, 2.24) is 15.5 Å². The van der Waals surface area contributed by atoms with Crippen molar-refractivity contribution >= 4 is 41.2 Å². The van der Waals surface area contributed by atoms with E-state index in [0.717, 1.165) is 32.0 Å². The number of nitrogens with one attached hydrogen (secondary N) is 3. The van der Waals surface area contributed by atoms with Crippen LogP contribution in [-0.4, -0.2) is 90.4 Å². The first-order valence-corrected chi connectivity index (χ1v) is 15.8. The van der Waals surface area contributed by atoms with Gasteiger partial charge < -0.3 is 35.4 Å². The summed E-state index contributed by atoms with van der Waals surface area (Å²) < 4.78 is 11.1. The lowest BCUT2D eigenvalue weighted by Crippen LogP contribution is -2.53. The Hall–Kier alpha value is -4.10. The molecule has 2 amide bonds. The fourth-order valence-electron chi connectivity index (χ4n) is 5.43. The normalized spacial score (nSPS) is 17.8. The molecule has 2 heterocycles. The summed E-state index contributed by atoms with van der Waals surface area (Å²) in [7, 11) is 0. The molecule has 0 unspecified atom stereocenters. The summed E-state index contributed by atoms with van der Waals surface area (Å²) >= 11 is 0. The number of nitrogens with zero attached hydrogens (tertiary/aromatic N) is 1. The number of esters is 2. The van der Waals surface area contributed by atoms with Gasteiger partial charge in [-0.25, -0.2) is 9.59 Å². The molecule has 2 aliphatic rings. The van der Waals surface area contributed by atoms with Crippen LogP contribution in [0.25, 0.3) is 0 Å². The Labute approximate surface area is 269 Å². The van der Waals surface area contributed by atoms with Crippen LogP contribution in [0.4, 0.5) is 5.69 Å². The Bertz CT molecular complexity index is 1280. The summed E-state index contributed by atoms with van der Waals surface area (Å²) in [6.45, 7) is 8.58. The number of benzene rings is 1. The molecule has 1 aromatic rings. The summed E-state index contributed by atoms with van der Waals surface area (Å²) in [4.78, 5) is 76.4. The summed E-state index contributed by atoms with van der Waals surface area (Å²) in [6, 6.07) is 6.17. The van der Waals surface area contributed by atoms with Crippen molar-refractivity contribution in [2.75, 3.05) is 38.1 Å². The first-order valence-electron chi connectivity index (χ1n) is 15.8. The predicted molar refractivity (Wildman–Crippen MR) is 169 cm³/mol. The minimum atomic E-state index is -1.32. The molecule has 3 rings (SSSR count). The van der Waals surface area contributed by atoms with Gasteiger partial charge in [0.1, 0.15) is 18.8 Å². The number of aliphatic carboxylic acids is 1. The van der Waals surface area contributed by atoms with Gasteiger partial charge in [0.2, 0.25) is 11.7 Å². The van der Waals surface area contributed by atoms with Gasteiger partial charge >= 0.3 is 17.9 Å². The molecule has 0 radical (unpaired) electrons. The Kier molecular flexibility index (Phi) is 13.9. The average molecular weight is 643 g/mol. The van der Waals surface area contributed by atoms with Gasteiger partial charge in [0, 0.05) is 37.2 Å². The zero-order chi connectivity index (χ0) is 33.7. The summed E-state index contributed by atoms with van der Waals surface area (Å²) in [5, 5.41) is 18.4. The number of rotatable bonds is 16. The number of amides is 2. The van der Waals surface area contributed by atoms with Crippen LogP contribution in [0.5, 0.6) is 0 Å². The number of carbonyl (C=O) groups excluding carboxylic acids is 5. The zero-order valence-corrected chi connectivity index (χ0v) is 26.7. The summed E-state index contributed by atoms with van der Waals surface area (Å²) in [5.74, 6) is -4.50. The summed E-state index contributed by atoms with van der Waals surface area (Å²) in [6.07, 6.45) is 3.70. The third-order valence-electron chi connectivity index (χ3n) is 8.13. The second kappa shape index (κ2) is 17.6. The lowest BCUT2D eigenvalue weighted by Gasteiger charge is -2.36. The number of carboxylic acid groups (broad SMARTS) is 1. The number of likely N-dealkylation sites (tertiary alicyclic amines) is 1. The van der Waals surface area contributed by atoms with Crippen LogP contribution in [0.1, 0.15) is 76.9 Å². The third-order valence-corrected chi connectivity index (χ3v) is 8.13. The largest absolute Gasteiger partial charge is 0.481 e. The molecule has 0 aromatic heterocycles. The van der Waals surface area contributed by atoms with E-state index >= 15 is 0 Å². The van der Waals surface area contributed by atoms with Crippen molar-refractivity contribution in [2.45, 2.75) is 83.4 Å². The highest BCUT2D eigenvalue weighted by atomic mass is 16.5. The molecule has 0 bridgehead atoms. The van der Waals surface area contributed by atoms with Crippen molar-refractivity contribution in [2.24, 2.45) is 5.41 Å². The number of piperidine rings is 2. The van der Waals surface area contributed by atoms with E-state index in [1.54, 1.807) is 24.3 Å². The quantitative estimate of drug-likeness (QED) is 0.118. The number of hydrogen-bond acceptors (Lipinski definition) is 10. The molecule has 4 N–H and O–H groups in total. The lowest BCUT2D eigenvalue weighted by molar-refractivity contribution is -0.165. The topological polar surface area (TPSA) is 180 Å². The van der Waals surface area contributed by atoms with Gasteiger partial charge in [0.05, 0.1) is 11.8 Å². The van der Waals surface area contributed by atoms with Crippen molar-refractivity contribution in [3.63, 3.8) is 0 Å². The van der Waals surface area contributed by atoms with Gasteiger partial charge in [-0.3, -0.25) is 19.2 Å². The number of ether oxygens (including phenoxy) is 2. The molecule has 0 aliphatic carbocycles. The monoisotopic (exact) mass is 642 g/mol. The standard InChI is InChI=1S/C33H46N4O9/c1-4-29(41)45-21-33(2,3)30(42)31(43)37-19-6-5-10-25(37)32(44)46-26(15-18-35-23-13-16-34-17-14-23)22-8-7-9-24(20-22)36-27(38)11-12-28(39)40/h4,7-9,20,23,25-26,34-35H,1,5-6,10-19,21H2,2-3H3,(H,36,38)(H,39,40)/t25-,26+/m0/s1. The van der Waals surface area contributed by atoms with E-state index in [-0.39, 0.29) is 26.0 Å². The maximum absolute atomic E-state index is 13.7. The third kappa shape index (κ3) is 11.1. The first-order chi connectivity index (χ1) is 21.9. The van der Waals surface area contributed by atoms with Gasteiger partial charge in [-0.05, 0) is 83.3 Å². The van der Waals surface area contributed by atoms with Gasteiger partial charge in [-0.15, -0.1) is 0 Å². The molecule has 252 valence electrons. The Morgan fingerprint density at radius 1 is 1.11 bits per heavy atom. The number of ketones is 1. The second-order valence-corrected chi connectivity index (χ2v) is 12.3. The van der Waals surface area contributed by atoms with Gasteiger partial charge in [-0.2, -0.15) is 0 Å². The van der Waals surface area contributed by atoms with E-state index in [2.05, 4.69) is 22.5 Å². The average Bonchev–Trinajstić information content (AvgIpc) is 3.05. The van der Waals surface area contributed by atoms with E-state index in [9.17, 15) is 28.8 Å². The smallest absolute Gasteiger partial charge is 0.330 e. The van der Waals surface area contributed by atoms with Gasteiger partial charge in [-0.1, -0.05) is 18.7 Å². The van der Waals surface area contributed by atoms with E-state index in [1.165, 1.54) is 18.7 Å². The van der Waals surface area contributed by atoms with Crippen LogP contribution in [0.2, 0.25) is 0 Å². The van der Waals surface area contributed by atoms with Gasteiger partial charge in [0.25, 0.3) is 5.91 Å². The van der Waals surface area contributed by atoms with E-state index < -0.39 is 53.1 Å². The number of anilines is 1. The van der Waals surface area contributed by atoms with Crippen LogP contribution in [-0.2, 0) is 38.2 Å². The minimum Gasteiger partial charge on any atom is -0.481 e. The number of Topliss-reactive ketones (excluding diaryl/α,β-unsaturated/α-hetero) is 1. The number of carbonyl (C=O) groups is 6. The SMILES string of the molecule is C=CC(=O)OCC(C)(C)C(=O)C(=O)N1CCCC[C@H]1C(=O)O[C@H](CCNC1CCNCC1)c1cccc(NC(=O)CCC(=O)O)c1. The Morgan fingerprint density at radius 3 is 2.54 bits per heavy atom. The molecular weight excluding hydrogens is 596 g/mol. The van der Waals surface area contributed by atoms with Gasteiger partial charge in [0.15, 0.2) is 0 Å². The first kappa shape index (κ1) is 36.4. The second-order valence-electron chi connectivity index (χ2n) is 12.3. The van der Waals surface area contributed by atoms with Crippen molar-refractivity contribution in [3.8, 4) is 0 Å². The molecule has 1 aromatic carbocycles. The highest BCUT2D eigenvalue weighted by Crippen LogP contribution is 2.29. The molecule has 2 atom stereocenters. The van der Waals surface area contributed by atoms with Crippen molar-refractivity contribution in [1.29, 1.82) is 0 Å². The van der Waals surface area contributed by atoms with Crippen LogP contribution in [0.15, 0.2) is 36.9 Å². The number of carboxylic acids is 1. The Balaban J connectivity index is 1.76. The molecule has 2 fully saturated rings. The van der Waals surface area contributed by atoms with E-state index in [0.29, 0.717) is 49.5 Å². The highest BCUT2D eigenvalue weighted by Gasteiger charge is 2.42. The lowest BCUT2D eigenvalue weighted by atomic mass is 9.87. The van der Waals surface area contributed by atoms with E-state index in [4.69, 9.17) is 14.6 Å². The molecule has 0 spiro atoms. The molecule has 2 aliphatic heterocycles. The Morgan fingerprint density at radius 2 is 1.85 bits per heavy atom.